The van der Waals surface area contributed by atoms with Gasteiger partial charge in [0.25, 0.3) is 0 Å². The molecule has 3 aromatic rings. The van der Waals surface area contributed by atoms with Crippen LogP contribution in [0.3, 0.4) is 0 Å². The summed E-state index contributed by atoms with van der Waals surface area (Å²) in [4.78, 5) is 4.72. The number of nitrogens with zero attached hydrogens (tertiary/aromatic N) is 3. The molecule has 0 unspecified atom stereocenters. The number of imidazole rings is 1. The first kappa shape index (κ1) is 13.7. The van der Waals surface area contributed by atoms with Gasteiger partial charge in [-0.1, -0.05) is 17.7 Å². The summed E-state index contributed by atoms with van der Waals surface area (Å²) in [6, 6.07) is 13.6. The lowest BCUT2D eigenvalue weighted by atomic mass is 10.1. The van der Waals surface area contributed by atoms with Gasteiger partial charge in [0, 0.05) is 17.1 Å². The molecule has 1 heterocycles. The van der Waals surface area contributed by atoms with Gasteiger partial charge in [-0.2, -0.15) is 5.26 Å². The maximum atomic E-state index is 9.03. The third kappa shape index (κ3) is 2.28. The van der Waals surface area contributed by atoms with Crippen LogP contribution in [0.4, 0.5) is 0 Å². The quantitative estimate of drug-likeness (QED) is 0.695. The molecule has 0 radical (unpaired) electrons. The van der Waals surface area contributed by atoms with E-state index in [0.717, 1.165) is 34.5 Å². The highest BCUT2D eigenvalue weighted by Crippen LogP contribution is 2.29. The monoisotopic (exact) mass is 295 g/mol. The summed E-state index contributed by atoms with van der Waals surface area (Å²) in [6.45, 7) is 4.94. The van der Waals surface area contributed by atoms with Crippen LogP contribution in [0.2, 0.25) is 5.02 Å². The first-order chi connectivity index (χ1) is 10.1. The van der Waals surface area contributed by atoms with Gasteiger partial charge in [-0.05, 0) is 49.7 Å². The van der Waals surface area contributed by atoms with Gasteiger partial charge in [0.1, 0.15) is 5.82 Å². The normalized spacial score (nSPS) is 10.8. The summed E-state index contributed by atoms with van der Waals surface area (Å²) in [5.41, 5.74) is 4.65. The van der Waals surface area contributed by atoms with Crippen LogP contribution in [0, 0.1) is 18.3 Å². The Hall–Kier alpha value is -2.31. The number of hydrogen-bond donors (Lipinski definition) is 0. The Bertz CT molecular complexity index is 872. The number of aryl methyl sites for hydroxylation is 2. The molecular weight excluding hydrogens is 282 g/mol. The maximum absolute atomic E-state index is 9.03. The fourth-order valence-corrected chi connectivity index (χ4v) is 2.73. The van der Waals surface area contributed by atoms with E-state index < -0.39 is 0 Å². The van der Waals surface area contributed by atoms with Crippen molar-refractivity contribution in [1.82, 2.24) is 9.55 Å². The van der Waals surface area contributed by atoms with Gasteiger partial charge in [0.15, 0.2) is 0 Å². The molecule has 0 saturated carbocycles. The Labute approximate surface area is 128 Å². The Morgan fingerprint density at radius 1 is 1.24 bits per heavy atom. The number of nitriles is 1. The molecule has 104 valence electrons. The number of fused-ring (bicyclic) bond motifs is 1. The van der Waals surface area contributed by atoms with Crippen molar-refractivity contribution in [3.8, 4) is 17.5 Å². The van der Waals surface area contributed by atoms with E-state index in [0.29, 0.717) is 10.6 Å². The van der Waals surface area contributed by atoms with Crippen molar-refractivity contribution in [2.24, 2.45) is 0 Å². The molecule has 0 aliphatic carbocycles. The average molecular weight is 296 g/mol. The first-order valence-electron chi connectivity index (χ1n) is 6.81. The fraction of sp³-hybridized carbons (Fsp3) is 0.176. The van der Waals surface area contributed by atoms with E-state index in [1.807, 2.05) is 43.3 Å². The van der Waals surface area contributed by atoms with Gasteiger partial charge >= 0.3 is 0 Å². The molecule has 2 aromatic carbocycles. The summed E-state index contributed by atoms with van der Waals surface area (Å²) in [7, 11) is 0. The molecule has 0 saturated heterocycles. The molecule has 0 atom stereocenters. The van der Waals surface area contributed by atoms with Crippen LogP contribution in [-0.4, -0.2) is 9.55 Å². The van der Waals surface area contributed by atoms with Gasteiger partial charge in [-0.25, -0.2) is 4.98 Å². The second-order valence-electron chi connectivity index (χ2n) is 4.95. The molecule has 0 fully saturated rings. The Morgan fingerprint density at radius 2 is 2.05 bits per heavy atom. The van der Waals surface area contributed by atoms with Crippen LogP contribution in [0.1, 0.15) is 18.1 Å². The lowest BCUT2D eigenvalue weighted by molar-refractivity contribution is 0.796. The zero-order valence-electron chi connectivity index (χ0n) is 11.9. The highest BCUT2D eigenvalue weighted by atomic mass is 35.5. The Kier molecular flexibility index (Phi) is 3.40. The predicted octanol–water partition coefficient (Wildman–Crippen LogP) is 4.56. The zero-order chi connectivity index (χ0) is 15.0. The molecule has 1 aromatic heterocycles. The topological polar surface area (TPSA) is 41.6 Å². The molecule has 0 amide bonds. The zero-order valence-corrected chi connectivity index (χ0v) is 12.6. The lowest BCUT2D eigenvalue weighted by Crippen LogP contribution is -1.98. The molecule has 0 bridgehead atoms. The molecule has 21 heavy (non-hydrogen) atoms. The van der Waals surface area contributed by atoms with Gasteiger partial charge in [-0.15, -0.1) is 0 Å². The SMILES string of the molecule is CCn1c(-c2cc(Cl)ccc2C)nc2cc(C#N)ccc21. The molecule has 0 aliphatic heterocycles. The summed E-state index contributed by atoms with van der Waals surface area (Å²) in [6.07, 6.45) is 0. The molecule has 3 rings (SSSR count). The lowest BCUT2D eigenvalue weighted by Gasteiger charge is -2.09. The number of rotatable bonds is 2. The summed E-state index contributed by atoms with van der Waals surface area (Å²) in [5.74, 6) is 0.891. The van der Waals surface area contributed by atoms with Crippen LogP contribution in [0.25, 0.3) is 22.4 Å². The number of aromatic nitrogens is 2. The van der Waals surface area contributed by atoms with Crippen molar-refractivity contribution in [3.63, 3.8) is 0 Å². The maximum Gasteiger partial charge on any atom is 0.141 e. The highest BCUT2D eigenvalue weighted by Gasteiger charge is 2.14. The smallest absolute Gasteiger partial charge is 0.141 e. The van der Waals surface area contributed by atoms with E-state index >= 15 is 0 Å². The molecule has 0 N–H and O–H groups in total. The van der Waals surface area contributed by atoms with Crippen molar-refractivity contribution in [2.75, 3.05) is 0 Å². The minimum Gasteiger partial charge on any atom is -0.324 e. The van der Waals surface area contributed by atoms with E-state index in [1.165, 1.54) is 0 Å². The largest absolute Gasteiger partial charge is 0.324 e. The van der Waals surface area contributed by atoms with Crippen molar-refractivity contribution in [2.45, 2.75) is 20.4 Å². The van der Waals surface area contributed by atoms with E-state index in [-0.39, 0.29) is 0 Å². The van der Waals surface area contributed by atoms with Crippen molar-refractivity contribution < 1.29 is 0 Å². The summed E-state index contributed by atoms with van der Waals surface area (Å²) < 4.78 is 2.15. The van der Waals surface area contributed by atoms with Crippen LogP contribution in [0.15, 0.2) is 36.4 Å². The highest BCUT2D eigenvalue weighted by molar-refractivity contribution is 6.30. The standard InChI is InChI=1S/C17H14ClN3/c1-3-21-16-7-5-12(10-19)8-15(16)20-17(21)14-9-13(18)6-4-11(14)2/h4-9H,3H2,1-2H3. The predicted molar refractivity (Wildman–Crippen MR) is 85.3 cm³/mol. The van der Waals surface area contributed by atoms with Crippen LogP contribution < -0.4 is 0 Å². The van der Waals surface area contributed by atoms with Crippen LogP contribution >= 0.6 is 11.6 Å². The van der Waals surface area contributed by atoms with Gasteiger partial charge in [-0.3, -0.25) is 0 Å². The van der Waals surface area contributed by atoms with E-state index in [4.69, 9.17) is 21.8 Å². The third-order valence-electron chi connectivity index (χ3n) is 3.63. The van der Waals surface area contributed by atoms with Crippen molar-refractivity contribution in [1.29, 1.82) is 5.26 Å². The van der Waals surface area contributed by atoms with Gasteiger partial charge in [0.2, 0.25) is 0 Å². The van der Waals surface area contributed by atoms with Gasteiger partial charge < -0.3 is 4.57 Å². The second-order valence-corrected chi connectivity index (χ2v) is 5.39. The fourth-order valence-electron chi connectivity index (χ4n) is 2.56. The second kappa shape index (κ2) is 5.23. The minimum atomic E-state index is 0.623. The van der Waals surface area contributed by atoms with E-state index in [1.54, 1.807) is 0 Å². The van der Waals surface area contributed by atoms with E-state index in [9.17, 15) is 0 Å². The number of halogens is 1. The average Bonchev–Trinajstić information content (AvgIpc) is 2.86. The number of hydrogen-bond acceptors (Lipinski definition) is 2. The molecular formula is C17H14ClN3. The van der Waals surface area contributed by atoms with Crippen molar-refractivity contribution in [3.05, 3.63) is 52.5 Å². The number of benzene rings is 2. The molecule has 0 spiro atoms. The summed E-state index contributed by atoms with van der Waals surface area (Å²) in [5, 5.41) is 9.72. The Balaban J connectivity index is 2.32. The molecule has 3 nitrogen and oxygen atoms in total. The first-order valence-corrected chi connectivity index (χ1v) is 7.18. The molecule has 0 aliphatic rings. The van der Waals surface area contributed by atoms with E-state index in [2.05, 4.69) is 17.6 Å². The third-order valence-corrected chi connectivity index (χ3v) is 3.87. The van der Waals surface area contributed by atoms with Gasteiger partial charge in [0.05, 0.1) is 22.7 Å². The van der Waals surface area contributed by atoms with Crippen LogP contribution in [0.5, 0.6) is 0 Å². The minimum absolute atomic E-state index is 0.623. The van der Waals surface area contributed by atoms with Crippen molar-refractivity contribution >= 4 is 22.6 Å². The molecule has 4 heteroatoms. The Morgan fingerprint density at radius 3 is 2.76 bits per heavy atom. The summed E-state index contributed by atoms with van der Waals surface area (Å²) >= 11 is 6.13. The van der Waals surface area contributed by atoms with Crippen LogP contribution in [-0.2, 0) is 6.54 Å².